The van der Waals surface area contributed by atoms with Crippen LogP contribution in [0.5, 0.6) is 0 Å². The molecule has 0 unspecified atom stereocenters. The number of benzene rings is 2. The number of aryl methyl sites for hydroxylation is 2. The van der Waals surface area contributed by atoms with Gasteiger partial charge >= 0.3 is 0 Å². The normalized spacial score (nSPS) is 18.3. The van der Waals surface area contributed by atoms with Crippen molar-refractivity contribution in [3.63, 3.8) is 0 Å². The molecule has 0 heterocycles. The van der Waals surface area contributed by atoms with Gasteiger partial charge in [-0.05, 0) is 95.0 Å². The monoisotopic (exact) mass is 424 g/mol. The van der Waals surface area contributed by atoms with E-state index in [-0.39, 0.29) is 10.8 Å². The van der Waals surface area contributed by atoms with E-state index in [2.05, 4.69) is 101 Å². The molecular weight excluding hydrogens is 392 g/mol. The lowest BCUT2D eigenvalue weighted by atomic mass is 9.62. The van der Waals surface area contributed by atoms with Crippen LogP contribution in [0.15, 0.2) is 40.9 Å². The molecule has 144 valence electrons. The highest BCUT2D eigenvalue weighted by molar-refractivity contribution is 9.10. The van der Waals surface area contributed by atoms with E-state index in [4.69, 9.17) is 0 Å². The Kier molecular flexibility index (Phi) is 5.47. The Morgan fingerprint density at radius 3 is 2.11 bits per heavy atom. The van der Waals surface area contributed by atoms with Gasteiger partial charge in [0, 0.05) is 4.47 Å². The van der Waals surface area contributed by atoms with Crippen LogP contribution in [0.2, 0.25) is 0 Å². The summed E-state index contributed by atoms with van der Waals surface area (Å²) >= 11 is 3.64. The second-order valence-electron chi connectivity index (χ2n) is 9.34. The molecule has 27 heavy (non-hydrogen) atoms. The number of hydrogen-bond acceptors (Lipinski definition) is 0. The lowest BCUT2D eigenvalue weighted by Crippen LogP contribution is -2.34. The molecule has 3 rings (SSSR count). The number of fused-ring (bicyclic) bond motifs is 1. The Labute approximate surface area is 174 Å². The molecule has 0 amide bonds. The van der Waals surface area contributed by atoms with E-state index in [1.54, 1.807) is 5.56 Å². The largest absolute Gasteiger partial charge is 0.0792 e. The Hall–Kier alpha value is -1.34. The first-order valence-corrected chi connectivity index (χ1v) is 11.0. The molecule has 0 spiro atoms. The average Bonchev–Trinajstić information content (AvgIpc) is 2.61. The highest BCUT2D eigenvalue weighted by Gasteiger charge is 2.37. The van der Waals surface area contributed by atoms with Crippen molar-refractivity contribution < 1.29 is 0 Å². The number of rotatable bonds is 3. The zero-order chi connectivity index (χ0) is 20.0. The van der Waals surface area contributed by atoms with Crippen molar-refractivity contribution >= 4 is 21.5 Å². The fraction of sp³-hybridized carbons (Fsp3) is 0.462. The third kappa shape index (κ3) is 3.68. The van der Waals surface area contributed by atoms with Gasteiger partial charge < -0.3 is 0 Å². The van der Waals surface area contributed by atoms with Crippen LogP contribution in [-0.2, 0) is 17.3 Å². The van der Waals surface area contributed by atoms with Crippen molar-refractivity contribution in [1.29, 1.82) is 0 Å². The van der Waals surface area contributed by atoms with Crippen molar-refractivity contribution in [2.45, 2.75) is 78.6 Å². The SMILES string of the molecule is C/C=C(/c1cc2c(cc1C)C(C)(C)CCC2(C)C)c1ccc(Br)cc1CC. The van der Waals surface area contributed by atoms with Gasteiger partial charge in [-0.3, -0.25) is 0 Å². The van der Waals surface area contributed by atoms with Gasteiger partial charge in [-0.15, -0.1) is 0 Å². The first-order chi connectivity index (χ1) is 12.6. The lowest BCUT2D eigenvalue weighted by Gasteiger charge is -2.42. The van der Waals surface area contributed by atoms with Crippen LogP contribution >= 0.6 is 15.9 Å². The molecule has 1 heteroatoms. The first kappa shape index (κ1) is 20.4. The summed E-state index contributed by atoms with van der Waals surface area (Å²) in [5.41, 5.74) is 10.5. The molecular formula is C26H33Br. The summed E-state index contributed by atoms with van der Waals surface area (Å²) in [4.78, 5) is 0. The third-order valence-corrected chi connectivity index (χ3v) is 7.01. The Morgan fingerprint density at radius 1 is 0.963 bits per heavy atom. The Morgan fingerprint density at radius 2 is 1.56 bits per heavy atom. The maximum absolute atomic E-state index is 3.64. The number of allylic oxidation sites excluding steroid dienone is 1. The highest BCUT2D eigenvalue weighted by Crippen LogP contribution is 2.47. The molecule has 1 aliphatic carbocycles. The minimum atomic E-state index is 0.236. The molecule has 0 N–H and O–H groups in total. The van der Waals surface area contributed by atoms with Gasteiger partial charge in [0.15, 0.2) is 0 Å². The summed E-state index contributed by atoms with van der Waals surface area (Å²) in [6.45, 7) is 16.3. The minimum absolute atomic E-state index is 0.236. The van der Waals surface area contributed by atoms with Gasteiger partial charge in [0.05, 0.1) is 0 Å². The standard InChI is InChI=1S/C26H33Br/c1-8-18-15-19(27)10-11-21(18)20(9-2)22-16-24-23(14-17(22)3)25(4,5)12-13-26(24,6)7/h9-11,14-16H,8,12-13H2,1-7H3/b20-9+. The van der Waals surface area contributed by atoms with Gasteiger partial charge in [0.1, 0.15) is 0 Å². The molecule has 0 fully saturated rings. The fourth-order valence-corrected chi connectivity index (χ4v) is 4.99. The molecule has 0 radical (unpaired) electrons. The van der Waals surface area contributed by atoms with Gasteiger partial charge in [-0.2, -0.15) is 0 Å². The van der Waals surface area contributed by atoms with E-state index in [0.717, 1.165) is 10.9 Å². The van der Waals surface area contributed by atoms with Crippen molar-refractivity contribution in [1.82, 2.24) is 0 Å². The van der Waals surface area contributed by atoms with Crippen LogP contribution in [-0.4, -0.2) is 0 Å². The van der Waals surface area contributed by atoms with Gasteiger partial charge in [0.2, 0.25) is 0 Å². The van der Waals surface area contributed by atoms with E-state index in [1.165, 1.54) is 46.2 Å². The summed E-state index contributed by atoms with van der Waals surface area (Å²) < 4.78 is 1.16. The van der Waals surface area contributed by atoms with Gasteiger partial charge in [0.25, 0.3) is 0 Å². The van der Waals surface area contributed by atoms with Crippen LogP contribution in [0.1, 0.15) is 87.8 Å². The molecule has 0 aromatic heterocycles. The molecule has 1 aliphatic rings. The van der Waals surface area contributed by atoms with Crippen LogP contribution in [0, 0.1) is 6.92 Å². The molecule has 0 atom stereocenters. The Balaban J connectivity index is 2.23. The molecule has 0 aliphatic heterocycles. The molecule has 2 aromatic rings. The highest BCUT2D eigenvalue weighted by atomic mass is 79.9. The molecule has 2 aromatic carbocycles. The van der Waals surface area contributed by atoms with Crippen LogP contribution in [0.4, 0.5) is 0 Å². The smallest absolute Gasteiger partial charge is 0.0178 e. The maximum Gasteiger partial charge on any atom is 0.0178 e. The van der Waals surface area contributed by atoms with E-state index in [1.807, 2.05) is 0 Å². The van der Waals surface area contributed by atoms with E-state index in [0.29, 0.717) is 0 Å². The zero-order valence-electron chi connectivity index (χ0n) is 18.0. The summed E-state index contributed by atoms with van der Waals surface area (Å²) in [7, 11) is 0. The van der Waals surface area contributed by atoms with Crippen LogP contribution < -0.4 is 0 Å². The molecule has 0 nitrogen and oxygen atoms in total. The molecule has 0 bridgehead atoms. The maximum atomic E-state index is 3.64. The molecule has 0 saturated carbocycles. The zero-order valence-corrected chi connectivity index (χ0v) is 19.5. The molecule has 0 saturated heterocycles. The van der Waals surface area contributed by atoms with E-state index < -0.39 is 0 Å². The van der Waals surface area contributed by atoms with Crippen LogP contribution in [0.25, 0.3) is 5.57 Å². The van der Waals surface area contributed by atoms with Crippen molar-refractivity contribution in [3.05, 3.63) is 74.3 Å². The number of halogens is 1. The van der Waals surface area contributed by atoms with Gasteiger partial charge in [-0.1, -0.05) is 74.8 Å². The quantitative estimate of drug-likeness (QED) is 0.466. The summed E-state index contributed by atoms with van der Waals surface area (Å²) in [6.07, 6.45) is 5.83. The second kappa shape index (κ2) is 7.24. The predicted molar refractivity (Wildman–Crippen MR) is 123 cm³/mol. The van der Waals surface area contributed by atoms with Crippen molar-refractivity contribution in [3.8, 4) is 0 Å². The van der Waals surface area contributed by atoms with Crippen molar-refractivity contribution in [2.24, 2.45) is 0 Å². The van der Waals surface area contributed by atoms with Crippen LogP contribution in [0.3, 0.4) is 0 Å². The summed E-state index contributed by atoms with van der Waals surface area (Å²) in [5.74, 6) is 0. The van der Waals surface area contributed by atoms with Crippen molar-refractivity contribution in [2.75, 3.05) is 0 Å². The fourth-order valence-electron chi connectivity index (χ4n) is 4.59. The summed E-state index contributed by atoms with van der Waals surface area (Å²) in [6, 6.07) is 11.7. The number of hydrogen-bond donors (Lipinski definition) is 0. The average molecular weight is 425 g/mol. The van der Waals surface area contributed by atoms with Gasteiger partial charge in [-0.25, -0.2) is 0 Å². The lowest BCUT2D eigenvalue weighted by molar-refractivity contribution is 0.331. The predicted octanol–water partition coefficient (Wildman–Crippen LogP) is 8.12. The van der Waals surface area contributed by atoms with E-state index >= 15 is 0 Å². The summed E-state index contributed by atoms with van der Waals surface area (Å²) in [5, 5.41) is 0. The first-order valence-electron chi connectivity index (χ1n) is 10.2. The minimum Gasteiger partial charge on any atom is -0.0792 e. The second-order valence-corrected chi connectivity index (χ2v) is 10.3. The Bertz CT molecular complexity index is 897. The topological polar surface area (TPSA) is 0 Å². The van der Waals surface area contributed by atoms with E-state index in [9.17, 15) is 0 Å². The third-order valence-electron chi connectivity index (χ3n) is 6.51.